The van der Waals surface area contributed by atoms with Gasteiger partial charge >= 0.3 is 0 Å². The molecule has 0 spiro atoms. The molecule has 0 aromatic heterocycles. The summed E-state index contributed by atoms with van der Waals surface area (Å²) >= 11 is 0. The monoisotopic (exact) mass is 263 g/mol. The van der Waals surface area contributed by atoms with Crippen LogP contribution in [0.1, 0.15) is 38.0 Å². The Hall–Kier alpha value is -0.900. The Morgan fingerprint density at radius 1 is 1.37 bits per heavy atom. The summed E-state index contributed by atoms with van der Waals surface area (Å²) in [5.74, 6) is 0. The number of aliphatic hydroxyl groups excluding tert-OH is 1. The number of hydrogen-bond donors (Lipinski definition) is 1. The summed E-state index contributed by atoms with van der Waals surface area (Å²) in [6.45, 7) is 8.81. The van der Waals surface area contributed by atoms with Crippen LogP contribution in [0.2, 0.25) is 0 Å². The maximum atomic E-state index is 10.5. The van der Waals surface area contributed by atoms with Gasteiger partial charge in [0.1, 0.15) is 0 Å². The summed E-state index contributed by atoms with van der Waals surface area (Å²) in [6.07, 6.45) is 0.596. The van der Waals surface area contributed by atoms with Crippen molar-refractivity contribution in [2.24, 2.45) is 0 Å². The number of morpholine rings is 1. The van der Waals surface area contributed by atoms with E-state index in [4.69, 9.17) is 4.74 Å². The Morgan fingerprint density at radius 2 is 2.05 bits per heavy atom. The highest BCUT2D eigenvalue weighted by molar-refractivity contribution is 5.25. The third-order valence-electron chi connectivity index (χ3n) is 4.13. The summed E-state index contributed by atoms with van der Waals surface area (Å²) in [4.78, 5) is 2.34. The van der Waals surface area contributed by atoms with Gasteiger partial charge in [-0.25, -0.2) is 0 Å². The number of ether oxygens (including phenoxy) is 1. The lowest BCUT2D eigenvalue weighted by Gasteiger charge is -2.39. The maximum Gasteiger partial charge on any atom is 0.0942 e. The van der Waals surface area contributed by atoms with Gasteiger partial charge in [-0.15, -0.1) is 0 Å². The van der Waals surface area contributed by atoms with Gasteiger partial charge in [-0.05, 0) is 31.4 Å². The van der Waals surface area contributed by atoms with Crippen molar-refractivity contribution in [2.75, 3.05) is 19.8 Å². The Bertz CT molecular complexity index is 390. The van der Waals surface area contributed by atoms with Crippen LogP contribution in [0.25, 0.3) is 0 Å². The molecule has 1 fully saturated rings. The second kappa shape index (κ2) is 6.51. The van der Waals surface area contributed by atoms with Gasteiger partial charge in [-0.1, -0.05) is 31.2 Å². The van der Waals surface area contributed by atoms with Gasteiger partial charge in [0.15, 0.2) is 0 Å². The average Bonchev–Trinajstić information content (AvgIpc) is 2.46. The van der Waals surface area contributed by atoms with Crippen LogP contribution in [0.5, 0.6) is 0 Å². The molecule has 0 saturated carbocycles. The van der Waals surface area contributed by atoms with E-state index >= 15 is 0 Å². The van der Waals surface area contributed by atoms with Crippen molar-refractivity contribution in [3.05, 3.63) is 35.4 Å². The number of rotatable bonds is 4. The molecule has 1 heterocycles. The Morgan fingerprint density at radius 3 is 2.63 bits per heavy atom. The first-order valence-electron chi connectivity index (χ1n) is 7.24. The Kier molecular flexibility index (Phi) is 4.97. The molecule has 19 heavy (non-hydrogen) atoms. The van der Waals surface area contributed by atoms with E-state index in [0.717, 1.165) is 31.7 Å². The standard InChI is InChI=1S/C16H25NO2/c1-4-14-5-7-15(8-6-14)16(18)13(3)17-9-10-19-11-12(17)2/h5-8,12-13,16,18H,4,9-11H2,1-3H3. The van der Waals surface area contributed by atoms with Crippen LogP contribution in [0, 0.1) is 0 Å². The van der Waals surface area contributed by atoms with E-state index in [1.165, 1.54) is 5.56 Å². The summed E-state index contributed by atoms with van der Waals surface area (Å²) in [6, 6.07) is 8.79. The Balaban J connectivity index is 2.06. The fourth-order valence-electron chi connectivity index (χ4n) is 2.76. The molecule has 1 aromatic carbocycles. The molecule has 0 amide bonds. The SMILES string of the molecule is CCc1ccc(C(O)C(C)N2CCOCC2C)cc1. The predicted octanol–water partition coefficient (Wildman–Crippen LogP) is 2.39. The molecule has 3 heteroatoms. The Labute approximate surface area is 116 Å². The van der Waals surface area contributed by atoms with Gasteiger partial charge in [-0.2, -0.15) is 0 Å². The maximum absolute atomic E-state index is 10.5. The number of benzene rings is 1. The largest absolute Gasteiger partial charge is 0.387 e. The van der Waals surface area contributed by atoms with Crippen molar-refractivity contribution in [3.63, 3.8) is 0 Å². The minimum atomic E-state index is -0.438. The molecule has 3 nitrogen and oxygen atoms in total. The lowest BCUT2D eigenvalue weighted by atomic mass is 9.99. The van der Waals surface area contributed by atoms with Crippen LogP contribution in [0.15, 0.2) is 24.3 Å². The summed E-state index contributed by atoms with van der Waals surface area (Å²) < 4.78 is 5.45. The average molecular weight is 263 g/mol. The molecular formula is C16H25NO2. The summed E-state index contributed by atoms with van der Waals surface area (Å²) in [7, 11) is 0. The molecule has 3 atom stereocenters. The summed E-state index contributed by atoms with van der Waals surface area (Å²) in [5.41, 5.74) is 2.31. The first-order chi connectivity index (χ1) is 9.13. The first kappa shape index (κ1) is 14.5. The van der Waals surface area contributed by atoms with Crippen LogP contribution in [0.4, 0.5) is 0 Å². The molecule has 0 aliphatic carbocycles. The molecule has 1 aliphatic heterocycles. The van der Waals surface area contributed by atoms with Crippen LogP contribution < -0.4 is 0 Å². The zero-order valence-corrected chi connectivity index (χ0v) is 12.2. The number of nitrogens with zero attached hydrogens (tertiary/aromatic N) is 1. The molecule has 1 aromatic rings. The third kappa shape index (κ3) is 3.35. The van der Waals surface area contributed by atoms with Crippen molar-refractivity contribution in [1.29, 1.82) is 0 Å². The topological polar surface area (TPSA) is 32.7 Å². The van der Waals surface area contributed by atoms with E-state index in [-0.39, 0.29) is 6.04 Å². The fraction of sp³-hybridized carbons (Fsp3) is 0.625. The quantitative estimate of drug-likeness (QED) is 0.905. The van der Waals surface area contributed by atoms with Gasteiger partial charge in [-0.3, -0.25) is 4.90 Å². The van der Waals surface area contributed by atoms with E-state index in [1.807, 2.05) is 12.1 Å². The highest BCUT2D eigenvalue weighted by Crippen LogP contribution is 2.24. The molecule has 106 valence electrons. The van der Waals surface area contributed by atoms with Crippen molar-refractivity contribution >= 4 is 0 Å². The van der Waals surface area contributed by atoms with Crippen molar-refractivity contribution in [3.8, 4) is 0 Å². The lowest BCUT2D eigenvalue weighted by molar-refractivity contribution is -0.0490. The van der Waals surface area contributed by atoms with Gasteiger partial charge in [0.25, 0.3) is 0 Å². The minimum absolute atomic E-state index is 0.117. The normalized spacial score (nSPS) is 24.1. The van der Waals surface area contributed by atoms with E-state index in [9.17, 15) is 5.11 Å². The smallest absolute Gasteiger partial charge is 0.0942 e. The molecule has 1 aliphatic rings. The first-order valence-corrected chi connectivity index (χ1v) is 7.24. The predicted molar refractivity (Wildman–Crippen MR) is 77.2 cm³/mol. The second-order valence-corrected chi connectivity index (χ2v) is 5.44. The van der Waals surface area contributed by atoms with Gasteiger partial charge in [0.05, 0.1) is 19.3 Å². The molecule has 2 rings (SSSR count). The highest BCUT2D eigenvalue weighted by atomic mass is 16.5. The molecular weight excluding hydrogens is 238 g/mol. The highest BCUT2D eigenvalue weighted by Gasteiger charge is 2.28. The van der Waals surface area contributed by atoms with Crippen molar-refractivity contribution in [1.82, 2.24) is 4.90 Å². The van der Waals surface area contributed by atoms with Gasteiger partial charge in [0.2, 0.25) is 0 Å². The zero-order valence-electron chi connectivity index (χ0n) is 12.2. The second-order valence-electron chi connectivity index (χ2n) is 5.44. The van der Waals surface area contributed by atoms with E-state index < -0.39 is 6.10 Å². The van der Waals surface area contributed by atoms with E-state index in [0.29, 0.717) is 6.04 Å². The van der Waals surface area contributed by atoms with E-state index in [1.54, 1.807) is 0 Å². The molecule has 1 N–H and O–H groups in total. The van der Waals surface area contributed by atoms with Gasteiger partial charge < -0.3 is 9.84 Å². The molecule has 3 unspecified atom stereocenters. The lowest BCUT2D eigenvalue weighted by Crippen LogP contribution is -2.50. The number of aliphatic hydroxyl groups is 1. The molecule has 0 radical (unpaired) electrons. The third-order valence-corrected chi connectivity index (χ3v) is 4.13. The van der Waals surface area contributed by atoms with Crippen LogP contribution >= 0.6 is 0 Å². The number of aryl methyl sites for hydroxylation is 1. The van der Waals surface area contributed by atoms with Crippen molar-refractivity contribution in [2.45, 2.75) is 45.4 Å². The molecule has 0 bridgehead atoms. The van der Waals surface area contributed by atoms with E-state index in [2.05, 4.69) is 37.8 Å². The van der Waals surface area contributed by atoms with Crippen molar-refractivity contribution < 1.29 is 9.84 Å². The minimum Gasteiger partial charge on any atom is -0.387 e. The fourth-order valence-corrected chi connectivity index (χ4v) is 2.76. The van der Waals surface area contributed by atoms with Gasteiger partial charge in [0, 0.05) is 18.6 Å². The summed E-state index contributed by atoms with van der Waals surface area (Å²) in [5, 5.41) is 10.5. The van der Waals surface area contributed by atoms with Crippen LogP contribution in [-0.2, 0) is 11.2 Å². The van der Waals surface area contributed by atoms with Crippen LogP contribution in [0.3, 0.4) is 0 Å². The zero-order chi connectivity index (χ0) is 13.8. The van der Waals surface area contributed by atoms with Crippen LogP contribution in [-0.4, -0.2) is 41.8 Å². The molecule has 1 saturated heterocycles. The number of hydrogen-bond acceptors (Lipinski definition) is 3.